The van der Waals surface area contributed by atoms with Gasteiger partial charge in [0.25, 0.3) is 0 Å². The van der Waals surface area contributed by atoms with Gasteiger partial charge in [-0.1, -0.05) is 301 Å². The van der Waals surface area contributed by atoms with Crippen molar-refractivity contribution in [3.63, 3.8) is 0 Å². The van der Waals surface area contributed by atoms with Crippen LogP contribution in [0.25, 0.3) is 0 Å². The van der Waals surface area contributed by atoms with Crippen LogP contribution < -0.4 is 0 Å². The molecule has 0 bridgehead atoms. The summed E-state index contributed by atoms with van der Waals surface area (Å²) in [6.45, 7) is 6.66. The quantitative estimate of drug-likeness (QED) is 0.0261. The zero-order valence-corrected chi connectivity index (χ0v) is 49.9. The van der Waals surface area contributed by atoms with E-state index in [0.29, 0.717) is 19.3 Å². The van der Waals surface area contributed by atoms with Crippen molar-refractivity contribution in [1.82, 2.24) is 0 Å². The lowest BCUT2D eigenvalue weighted by Gasteiger charge is -2.18. The van der Waals surface area contributed by atoms with Crippen LogP contribution in [0.5, 0.6) is 0 Å². The Hall–Kier alpha value is -2.37. The standard InChI is InChI=1S/C68H126O6/c1-4-7-10-13-16-19-22-25-28-30-31-32-33-34-35-36-37-38-41-43-46-49-52-55-58-61-67(70)73-64-65(63-72-66(69)60-57-54-51-48-45-42-39-27-24-21-18-15-12-9-6-3)74-68(71)62-59-56-53-50-47-44-40-29-26-23-20-17-14-11-8-5-2/h18,21,27,30-31,39,65H,4-17,19-20,22-26,28-29,32-38,40-64H2,1-3H3/b21-18-,31-30-,39-27-. The van der Waals surface area contributed by atoms with Crippen molar-refractivity contribution in [3.05, 3.63) is 36.5 Å². The third-order valence-corrected chi connectivity index (χ3v) is 14.9. The summed E-state index contributed by atoms with van der Waals surface area (Å²) in [5.41, 5.74) is 0. The van der Waals surface area contributed by atoms with Crippen LogP contribution in [0.2, 0.25) is 0 Å². The second-order valence-electron chi connectivity index (χ2n) is 22.4. The molecule has 0 aliphatic rings. The molecule has 0 amide bonds. The molecule has 1 atom stereocenters. The third-order valence-electron chi connectivity index (χ3n) is 14.9. The molecule has 1 unspecified atom stereocenters. The number of hydrogen-bond donors (Lipinski definition) is 0. The summed E-state index contributed by atoms with van der Waals surface area (Å²) in [6, 6.07) is 0. The van der Waals surface area contributed by atoms with Crippen LogP contribution in [-0.4, -0.2) is 37.2 Å². The number of esters is 3. The maximum absolute atomic E-state index is 12.9. The van der Waals surface area contributed by atoms with Gasteiger partial charge in [0, 0.05) is 19.3 Å². The predicted molar refractivity (Wildman–Crippen MR) is 321 cm³/mol. The molecule has 0 aromatic carbocycles. The van der Waals surface area contributed by atoms with Crippen molar-refractivity contribution in [2.75, 3.05) is 13.2 Å². The van der Waals surface area contributed by atoms with Gasteiger partial charge in [0.1, 0.15) is 13.2 Å². The molecule has 0 aromatic rings. The van der Waals surface area contributed by atoms with Crippen LogP contribution in [-0.2, 0) is 28.6 Å². The van der Waals surface area contributed by atoms with E-state index in [-0.39, 0.29) is 31.1 Å². The van der Waals surface area contributed by atoms with E-state index in [9.17, 15) is 14.4 Å². The van der Waals surface area contributed by atoms with Crippen molar-refractivity contribution in [2.24, 2.45) is 0 Å². The first kappa shape index (κ1) is 71.6. The van der Waals surface area contributed by atoms with Crippen molar-refractivity contribution < 1.29 is 28.6 Å². The second-order valence-corrected chi connectivity index (χ2v) is 22.4. The van der Waals surface area contributed by atoms with E-state index in [2.05, 4.69) is 57.2 Å². The molecule has 0 heterocycles. The van der Waals surface area contributed by atoms with Crippen molar-refractivity contribution in [3.8, 4) is 0 Å². The lowest BCUT2D eigenvalue weighted by molar-refractivity contribution is -0.167. The molecule has 434 valence electrons. The van der Waals surface area contributed by atoms with Crippen LogP contribution in [0.15, 0.2) is 36.5 Å². The largest absolute Gasteiger partial charge is 0.462 e. The second kappa shape index (κ2) is 63.2. The minimum Gasteiger partial charge on any atom is -0.462 e. The van der Waals surface area contributed by atoms with Gasteiger partial charge in [-0.15, -0.1) is 0 Å². The molecule has 0 N–H and O–H groups in total. The van der Waals surface area contributed by atoms with Gasteiger partial charge in [0.15, 0.2) is 6.10 Å². The molecular formula is C68H126O6. The molecule has 0 rings (SSSR count). The highest BCUT2D eigenvalue weighted by atomic mass is 16.6. The van der Waals surface area contributed by atoms with Gasteiger partial charge in [0.05, 0.1) is 0 Å². The molecule has 0 saturated heterocycles. The Labute approximate surface area is 461 Å². The summed E-state index contributed by atoms with van der Waals surface area (Å²) in [5.74, 6) is -0.862. The van der Waals surface area contributed by atoms with Gasteiger partial charge in [-0.25, -0.2) is 0 Å². The minimum atomic E-state index is -0.775. The fourth-order valence-corrected chi connectivity index (χ4v) is 9.88. The highest BCUT2D eigenvalue weighted by Gasteiger charge is 2.19. The Kier molecular flexibility index (Phi) is 61.1. The number of hydrogen-bond acceptors (Lipinski definition) is 6. The molecule has 6 nitrogen and oxygen atoms in total. The monoisotopic (exact) mass is 1040 g/mol. The molecule has 6 heteroatoms. The van der Waals surface area contributed by atoms with E-state index >= 15 is 0 Å². The molecular weight excluding hydrogens is 913 g/mol. The average Bonchev–Trinajstić information content (AvgIpc) is 3.40. The molecule has 0 radical (unpaired) electrons. The van der Waals surface area contributed by atoms with Crippen molar-refractivity contribution in [2.45, 2.75) is 367 Å². The fourth-order valence-electron chi connectivity index (χ4n) is 9.88. The number of carbonyl (C=O) groups excluding carboxylic acids is 3. The maximum atomic E-state index is 12.9. The summed E-state index contributed by atoms with van der Waals surface area (Å²) in [4.78, 5) is 38.3. The van der Waals surface area contributed by atoms with Gasteiger partial charge >= 0.3 is 17.9 Å². The molecule has 74 heavy (non-hydrogen) atoms. The van der Waals surface area contributed by atoms with Crippen LogP contribution >= 0.6 is 0 Å². The first-order chi connectivity index (χ1) is 36.5. The topological polar surface area (TPSA) is 78.9 Å². The van der Waals surface area contributed by atoms with Crippen LogP contribution in [0.3, 0.4) is 0 Å². The van der Waals surface area contributed by atoms with Crippen LogP contribution in [0, 0.1) is 0 Å². The summed E-state index contributed by atoms with van der Waals surface area (Å²) in [6.07, 6.45) is 77.3. The molecule has 0 fully saturated rings. The molecule has 0 aliphatic carbocycles. The Balaban J connectivity index is 4.26. The van der Waals surface area contributed by atoms with E-state index < -0.39 is 6.10 Å². The number of rotatable bonds is 61. The Morgan fingerprint density at radius 2 is 0.486 bits per heavy atom. The molecule has 0 saturated carbocycles. The van der Waals surface area contributed by atoms with E-state index in [1.807, 2.05) is 0 Å². The lowest BCUT2D eigenvalue weighted by Crippen LogP contribution is -2.30. The highest BCUT2D eigenvalue weighted by molar-refractivity contribution is 5.71. The molecule has 0 spiro atoms. The fraction of sp³-hybridized carbons (Fsp3) is 0.868. The van der Waals surface area contributed by atoms with Crippen molar-refractivity contribution >= 4 is 17.9 Å². The van der Waals surface area contributed by atoms with Gasteiger partial charge in [-0.2, -0.15) is 0 Å². The molecule has 0 aliphatic heterocycles. The maximum Gasteiger partial charge on any atom is 0.306 e. The number of ether oxygens (including phenoxy) is 3. The highest BCUT2D eigenvalue weighted by Crippen LogP contribution is 2.18. The van der Waals surface area contributed by atoms with Crippen molar-refractivity contribution in [1.29, 1.82) is 0 Å². The van der Waals surface area contributed by atoms with E-state index in [1.54, 1.807) is 0 Å². The number of carbonyl (C=O) groups is 3. The summed E-state index contributed by atoms with van der Waals surface area (Å²) in [7, 11) is 0. The molecule has 0 aromatic heterocycles. The zero-order chi connectivity index (χ0) is 53.6. The minimum absolute atomic E-state index is 0.0721. The van der Waals surface area contributed by atoms with E-state index in [1.165, 1.54) is 244 Å². The lowest BCUT2D eigenvalue weighted by atomic mass is 10.0. The van der Waals surface area contributed by atoms with Crippen LogP contribution in [0.1, 0.15) is 361 Å². The first-order valence-corrected chi connectivity index (χ1v) is 33.0. The number of allylic oxidation sites excluding steroid dienone is 6. The Morgan fingerprint density at radius 3 is 0.784 bits per heavy atom. The summed E-state index contributed by atoms with van der Waals surface area (Å²) >= 11 is 0. The van der Waals surface area contributed by atoms with Gasteiger partial charge < -0.3 is 14.2 Å². The predicted octanol–water partition coefficient (Wildman–Crippen LogP) is 22.4. The zero-order valence-electron chi connectivity index (χ0n) is 49.9. The number of unbranched alkanes of at least 4 members (excludes halogenated alkanes) is 44. The SMILES string of the molecule is CCCCC/C=C\C/C=C\CCCCCCCC(=O)OCC(COC(=O)CCCCCCCCCCCCCCC/C=C\CCCCCCCCCC)OC(=O)CCCCCCCCCCCCCCCCCC. The summed E-state index contributed by atoms with van der Waals surface area (Å²) in [5, 5.41) is 0. The first-order valence-electron chi connectivity index (χ1n) is 33.0. The Bertz CT molecular complexity index is 1240. The van der Waals surface area contributed by atoms with E-state index in [0.717, 1.165) is 77.0 Å². The van der Waals surface area contributed by atoms with Gasteiger partial charge in [-0.3, -0.25) is 14.4 Å². The normalized spacial score (nSPS) is 12.2. The Morgan fingerprint density at radius 1 is 0.270 bits per heavy atom. The van der Waals surface area contributed by atoms with Gasteiger partial charge in [-0.05, 0) is 77.0 Å². The summed E-state index contributed by atoms with van der Waals surface area (Å²) < 4.78 is 16.9. The van der Waals surface area contributed by atoms with E-state index in [4.69, 9.17) is 14.2 Å². The average molecular weight is 1040 g/mol. The van der Waals surface area contributed by atoms with Crippen LogP contribution in [0.4, 0.5) is 0 Å². The third kappa shape index (κ3) is 60.5. The van der Waals surface area contributed by atoms with Gasteiger partial charge in [0.2, 0.25) is 0 Å². The smallest absolute Gasteiger partial charge is 0.306 e.